The van der Waals surface area contributed by atoms with E-state index in [-0.39, 0.29) is 5.91 Å². The standard InChI is InChI=1S/C14H18BrNO/c1-11-4-3-8-16(9-7-11)14(17)12-5-2-6-13(15)10-12/h2,5-6,10-11H,3-4,7-9H2,1H3. The lowest BCUT2D eigenvalue weighted by Gasteiger charge is -2.20. The molecule has 3 heteroatoms. The van der Waals surface area contributed by atoms with Gasteiger partial charge in [-0.3, -0.25) is 4.79 Å². The van der Waals surface area contributed by atoms with Crippen molar-refractivity contribution >= 4 is 21.8 Å². The molecule has 0 saturated carbocycles. The van der Waals surface area contributed by atoms with Gasteiger partial charge in [-0.15, -0.1) is 0 Å². The van der Waals surface area contributed by atoms with Crippen LogP contribution in [0, 0.1) is 5.92 Å². The van der Waals surface area contributed by atoms with E-state index in [9.17, 15) is 4.79 Å². The molecule has 0 bridgehead atoms. The molecular weight excluding hydrogens is 278 g/mol. The minimum atomic E-state index is 0.167. The Hall–Kier alpha value is -0.830. The van der Waals surface area contributed by atoms with Crippen molar-refractivity contribution in [2.45, 2.75) is 26.2 Å². The van der Waals surface area contributed by atoms with Gasteiger partial charge in [0, 0.05) is 23.1 Å². The molecule has 0 radical (unpaired) electrons. The van der Waals surface area contributed by atoms with Crippen LogP contribution in [-0.4, -0.2) is 23.9 Å². The van der Waals surface area contributed by atoms with Crippen LogP contribution in [0.5, 0.6) is 0 Å². The lowest BCUT2D eigenvalue weighted by atomic mass is 10.0. The second kappa shape index (κ2) is 5.67. The largest absolute Gasteiger partial charge is 0.339 e. The molecule has 1 heterocycles. The van der Waals surface area contributed by atoms with E-state index in [1.807, 2.05) is 29.2 Å². The Bertz CT molecular complexity index is 405. The Morgan fingerprint density at radius 2 is 2.18 bits per heavy atom. The molecule has 1 aliphatic heterocycles. The van der Waals surface area contributed by atoms with Gasteiger partial charge >= 0.3 is 0 Å². The maximum absolute atomic E-state index is 12.3. The third-order valence-corrected chi connectivity index (χ3v) is 3.87. The fourth-order valence-electron chi connectivity index (χ4n) is 2.27. The second-order valence-corrected chi connectivity index (χ2v) is 5.75. The van der Waals surface area contributed by atoms with E-state index in [2.05, 4.69) is 22.9 Å². The summed E-state index contributed by atoms with van der Waals surface area (Å²) < 4.78 is 0.964. The molecule has 2 rings (SSSR count). The summed E-state index contributed by atoms with van der Waals surface area (Å²) >= 11 is 3.41. The van der Waals surface area contributed by atoms with Crippen molar-refractivity contribution in [3.8, 4) is 0 Å². The number of nitrogens with zero attached hydrogens (tertiary/aromatic N) is 1. The van der Waals surface area contributed by atoms with Crippen LogP contribution in [0.2, 0.25) is 0 Å². The van der Waals surface area contributed by atoms with E-state index < -0.39 is 0 Å². The van der Waals surface area contributed by atoms with E-state index >= 15 is 0 Å². The van der Waals surface area contributed by atoms with E-state index in [4.69, 9.17) is 0 Å². The Morgan fingerprint density at radius 1 is 1.35 bits per heavy atom. The summed E-state index contributed by atoms with van der Waals surface area (Å²) in [6.45, 7) is 4.06. The number of benzene rings is 1. The lowest BCUT2D eigenvalue weighted by Crippen LogP contribution is -2.31. The van der Waals surface area contributed by atoms with Gasteiger partial charge in [0.05, 0.1) is 0 Å². The molecule has 0 N–H and O–H groups in total. The number of amides is 1. The fourth-order valence-corrected chi connectivity index (χ4v) is 2.67. The van der Waals surface area contributed by atoms with Crippen LogP contribution in [-0.2, 0) is 0 Å². The SMILES string of the molecule is CC1CCCN(C(=O)c2cccc(Br)c2)CC1. The number of halogens is 1. The number of carbonyl (C=O) groups excluding carboxylic acids is 1. The Morgan fingerprint density at radius 3 is 2.94 bits per heavy atom. The van der Waals surface area contributed by atoms with E-state index in [1.165, 1.54) is 6.42 Å². The summed E-state index contributed by atoms with van der Waals surface area (Å²) in [7, 11) is 0. The smallest absolute Gasteiger partial charge is 0.253 e. The van der Waals surface area contributed by atoms with Gasteiger partial charge in [0.15, 0.2) is 0 Å². The highest BCUT2D eigenvalue weighted by molar-refractivity contribution is 9.10. The molecule has 0 aromatic heterocycles. The zero-order valence-corrected chi connectivity index (χ0v) is 11.7. The van der Waals surface area contributed by atoms with Gasteiger partial charge in [0.2, 0.25) is 0 Å². The second-order valence-electron chi connectivity index (χ2n) is 4.84. The Kier molecular flexibility index (Phi) is 4.21. The Labute approximate surface area is 111 Å². The van der Waals surface area contributed by atoms with Crippen LogP contribution < -0.4 is 0 Å². The minimum absolute atomic E-state index is 0.167. The molecule has 0 aliphatic carbocycles. The molecular formula is C14H18BrNO. The zero-order valence-electron chi connectivity index (χ0n) is 10.2. The molecule has 1 aliphatic rings. The molecule has 1 amide bonds. The highest BCUT2D eigenvalue weighted by Crippen LogP contribution is 2.19. The average molecular weight is 296 g/mol. The summed E-state index contributed by atoms with van der Waals surface area (Å²) in [5.74, 6) is 0.913. The van der Waals surface area contributed by atoms with Crippen molar-refractivity contribution in [2.24, 2.45) is 5.92 Å². The van der Waals surface area contributed by atoms with Crippen LogP contribution in [0.15, 0.2) is 28.7 Å². The van der Waals surface area contributed by atoms with Crippen molar-refractivity contribution in [1.29, 1.82) is 0 Å². The first-order chi connectivity index (χ1) is 8.16. The fraction of sp³-hybridized carbons (Fsp3) is 0.500. The first kappa shape index (κ1) is 12.6. The molecule has 1 atom stereocenters. The van der Waals surface area contributed by atoms with Gasteiger partial charge in [-0.1, -0.05) is 28.9 Å². The van der Waals surface area contributed by atoms with Crippen LogP contribution in [0.25, 0.3) is 0 Å². The van der Waals surface area contributed by atoms with Crippen molar-refractivity contribution in [1.82, 2.24) is 4.90 Å². The quantitative estimate of drug-likeness (QED) is 0.773. The van der Waals surface area contributed by atoms with Crippen LogP contribution >= 0.6 is 15.9 Å². The average Bonchev–Trinajstić information content (AvgIpc) is 2.53. The van der Waals surface area contributed by atoms with Gasteiger partial charge in [0.1, 0.15) is 0 Å². The van der Waals surface area contributed by atoms with Crippen LogP contribution in [0.3, 0.4) is 0 Å². The molecule has 17 heavy (non-hydrogen) atoms. The Balaban J connectivity index is 2.09. The molecule has 1 aromatic carbocycles. The van der Waals surface area contributed by atoms with E-state index in [1.54, 1.807) is 0 Å². The highest BCUT2D eigenvalue weighted by atomic mass is 79.9. The maximum atomic E-state index is 12.3. The number of hydrogen-bond donors (Lipinski definition) is 0. The predicted octanol–water partition coefficient (Wildman–Crippen LogP) is 3.71. The van der Waals surface area contributed by atoms with Crippen molar-refractivity contribution in [2.75, 3.05) is 13.1 Å². The predicted molar refractivity (Wildman–Crippen MR) is 73.1 cm³/mol. The molecule has 92 valence electrons. The first-order valence-corrected chi connectivity index (χ1v) is 7.01. The summed E-state index contributed by atoms with van der Waals surface area (Å²) in [5, 5.41) is 0. The zero-order chi connectivity index (χ0) is 12.3. The minimum Gasteiger partial charge on any atom is -0.339 e. The third-order valence-electron chi connectivity index (χ3n) is 3.38. The van der Waals surface area contributed by atoms with E-state index in [0.717, 1.165) is 41.9 Å². The third kappa shape index (κ3) is 3.32. The molecule has 1 saturated heterocycles. The number of rotatable bonds is 1. The number of likely N-dealkylation sites (tertiary alicyclic amines) is 1. The summed E-state index contributed by atoms with van der Waals surface area (Å²) in [5.41, 5.74) is 0.786. The first-order valence-electron chi connectivity index (χ1n) is 6.21. The van der Waals surface area contributed by atoms with Gasteiger partial charge in [-0.05, 0) is 43.4 Å². The van der Waals surface area contributed by atoms with Gasteiger partial charge in [-0.25, -0.2) is 0 Å². The molecule has 1 fully saturated rings. The van der Waals surface area contributed by atoms with Crippen LogP contribution in [0.4, 0.5) is 0 Å². The summed E-state index contributed by atoms with van der Waals surface area (Å²) in [4.78, 5) is 14.3. The number of carbonyl (C=O) groups is 1. The molecule has 0 spiro atoms. The van der Waals surface area contributed by atoms with Crippen LogP contribution in [0.1, 0.15) is 36.5 Å². The summed E-state index contributed by atoms with van der Waals surface area (Å²) in [6, 6.07) is 7.65. The van der Waals surface area contributed by atoms with Crippen molar-refractivity contribution in [3.63, 3.8) is 0 Å². The van der Waals surface area contributed by atoms with Crippen molar-refractivity contribution in [3.05, 3.63) is 34.3 Å². The van der Waals surface area contributed by atoms with Crippen molar-refractivity contribution < 1.29 is 4.79 Å². The lowest BCUT2D eigenvalue weighted by molar-refractivity contribution is 0.0760. The van der Waals surface area contributed by atoms with Gasteiger partial charge in [0.25, 0.3) is 5.91 Å². The van der Waals surface area contributed by atoms with Gasteiger partial charge in [-0.2, -0.15) is 0 Å². The molecule has 1 aromatic rings. The monoisotopic (exact) mass is 295 g/mol. The number of hydrogen-bond acceptors (Lipinski definition) is 1. The topological polar surface area (TPSA) is 20.3 Å². The molecule has 2 nitrogen and oxygen atoms in total. The maximum Gasteiger partial charge on any atom is 0.253 e. The van der Waals surface area contributed by atoms with E-state index in [0.29, 0.717) is 0 Å². The summed E-state index contributed by atoms with van der Waals surface area (Å²) in [6.07, 6.45) is 3.49. The highest BCUT2D eigenvalue weighted by Gasteiger charge is 2.19. The van der Waals surface area contributed by atoms with Gasteiger partial charge < -0.3 is 4.90 Å². The molecule has 1 unspecified atom stereocenters. The normalized spacial score (nSPS) is 21.1.